The maximum Gasteiger partial charge on any atom is 0.256 e. The van der Waals surface area contributed by atoms with Crippen LogP contribution in [0.25, 0.3) is 10.9 Å². The Morgan fingerprint density at radius 3 is 2.75 bits per heavy atom. The zero-order valence-electron chi connectivity index (χ0n) is 14.2. The van der Waals surface area contributed by atoms with Gasteiger partial charge in [0, 0.05) is 24.5 Å². The number of carbonyl (C=O) groups is 1. The molecule has 3 N–H and O–H groups in total. The van der Waals surface area contributed by atoms with Crippen LogP contribution in [-0.2, 0) is 6.54 Å². The van der Waals surface area contributed by atoms with Crippen LogP contribution in [0.3, 0.4) is 0 Å². The summed E-state index contributed by atoms with van der Waals surface area (Å²) >= 11 is 0. The number of fused-ring (bicyclic) bond motifs is 1. The number of nitrogen functional groups attached to an aromatic ring is 1. The van der Waals surface area contributed by atoms with Gasteiger partial charge in [0.05, 0.1) is 10.9 Å². The smallest absolute Gasteiger partial charge is 0.256 e. The highest BCUT2D eigenvalue weighted by atomic mass is 16.2. The van der Waals surface area contributed by atoms with Crippen LogP contribution in [0.4, 0.5) is 5.69 Å². The molecule has 1 aliphatic carbocycles. The molecule has 1 heterocycles. The fraction of sp³-hybridized carbons (Fsp3) is 0.474. The molecule has 1 amide bonds. The first-order valence-electron chi connectivity index (χ1n) is 8.84. The van der Waals surface area contributed by atoms with Gasteiger partial charge in [0.25, 0.3) is 5.91 Å². The van der Waals surface area contributed by atoms with E-state index in [1.54, 1.807) is 12.3 Å². The molecule has 3 rings (SSSR count). The molecule has 0 atom stereocenters. The number of rotatable bonds is 4. The SMILES string of the molecule is CCCn1cc(C(=O)NC2CCCCC2)c(=O)c2c(N)cccc21. The number of nitrogens with two attached hydrogens (primary N) is 1. The van der Waals surface area contributed by atoms with Gasteiger partial charge in [0.15, 0.2) is 0 Å². The Balaban J connectivity index is 2.03. The largest absolute Gasteiger partial charge is 0.398 e. The number of aromatic nitrogens is 1. The van der Waals surface area contributed by atoms with Gasteiger partial charge in [-0.2, -0.15) is 0 Å². The number of hydrogen-bond acceptors (Lipinski definition) is 3. The number of aryl methyl sites for hydroxylation is 1. The Morgan fingerprint density at radius 2 is 2.04 bits per heavy atom. The van der Waals surface area contributed by atoms with E-state index < -0.39 is 0 Å². The molecule has 1 aromatic carbocycles. The first-order valence-corrected chi connectivity index (χ1v) is 8.84. The number of amides is 1. The van der Waals surface area contributed by atoms with Crippen LogP contribution in [0.15, 0.2) is 29.2 Å². The number of pyridine rings is 1. The van der Waals surface area contributed by atoms with Crippen molar-refractivity contribution in [2.24, 2.45) is 0 Å². The zero-order chi connectivity index (χ0) is 17.1. The summed E-state index contributed by atoms with van der Waals surface area (Å²) in [5.74, 6) is -0.276. The molecule has 1 saturated carbocycles. The molecule has 0 saturated heterocycles. The van der Waals surface area contributed by atoms with Crippen LogP contribution >= 0.6 is 0 Å². The second kappa shape index (κ2) is 7.07. The molecule has 0 radical (unpaired) electrons. The third kappa shape index (κ3) is 3.16. The Kier molecular flexibility index (Phi) is 4.88. The summed E-state index contributed by atoms with van der Waals surface area (Å²) in [5.41, 5.74) is 7.16. The molecule has 128 valence electrons. The maximum absolute atomic E-state index is 12.8. The minimum absolute atomic E-state index is 0.175. The van der Waals surface area contributed by atoms with E-state index in [2.05, 4.69) is 12.2 Å². The van der Waals surface area contributed by atoms with E-state index in [1.165, 1.54) is 6.42 Å². The molecule has 0 bridgehead atoms. The van der Waals surface area contributed by atoms with Gasteiger partial charge >= 0.3 is 0 Å². The van der Waals surface area contributed by atoms with Crippen LogP contribution in [0.1, 0.15) is 55.8 Å². The summed E-state index contributed by atoms with van der Waals surface area (Å²) in [7, 11) is 0. The Hall–Kier alpha value is -2.30. The van der Waals surface area contributed by atoms with Crippen molar-refractivity contribution in [3.63, 3.8) is 0 Å². The number of nitrogens with one attached hydrogen (secondary N) is 1. The van der Waals surface area contributed by atoms with Crippen molar-refractivity contribution in [2.45, 2.75) is 58.0 Å². The molecule has 24 heavy (non-hydrogen) atoms. The molecule has 1 fully saturated rings. The predicted molar refractivity (Wildman–Crippen MR) is 97.3 cm³/mol. The van der Waals surface area contributed by atoms with Gasteiger partial charge in [-0.15, -0.1) is 0 Å². The maximum atomic E-state index is 12.8. The molecular formula is C19H25N3O2. The van der Waals surface area contributed by atoms with Crippen LogP contribution in [-0.4, -0.2) is 16.5 Å². The average molecular weight is 327 g/mol. The number of anilines is 1. The lowest BCUT2D eigenvalue weighted by atomic mass is 9.95. The molecular weight excluding hydrogens is 302 g/mol. The van der Waals surface area contributed by atoms with Gasteiger partial charge in [0.1, 0.15) is 5.56 Å². The van der Waals surface area contributed by atoms with Gasteiger partial charge < -0.3 is 15.6 Å². The third-order valence-electron chi connectivity index (χ3n) is 4.79. The monoisotopic (exact) mass is 327 g/mol. The van der Waals surface area contributed by atoms with Crippen LogP contribution < -0.4 is 16.5 Å². The average Bonchev–Trinajstić information content (AvgIpc) is 2.58. The quantitative estimate of drug-likeness (QED) is 0.847. The number of benzene rings is 1. The molecule has 5 nitrogen and oxygen atoms in total. The van der Waals surface area contributed by atoms with E-state index in [-0.39, 0.29) is 22.9 Å². The summed E-state index contributed by atoms with van der Waals surface area (Å²) in [6.07, 6.45) is 8.07. The number of nitrogens with zero attached hydrogens (tertiary/aromatic N) is 1. The van der Waals surface area contributed by atoms with Gasteiger partial charge in [-0.05, 0) is 31.4 Å². The molecule has 5 heteroatoms. The highest BCUT2D eigenvalue weighted by Gasteiger charge is 2.21. The zero-order valence-corrected chi connectivity index (χ0v) is 14.2. The second-order valence-corrected chi connectivity index (χ2v) is 6.62. The van der Waals surface area contributed by atoms with Crippen molar-refractivity contribution in [2.75, 3.05) is 5.73 Å². The van der Waals surface area contributed by atoms with E-state index in [1.807, 2.05) is 16.7 Å². The van der Waals surface area contributed by atoms with Crippen molar-refractivity contribution in [1.82, 2.24) is 9.88 Å². The van der Waals surface area contributed by atoms with Crippen molar-refractivity contribution >= 4 is 22.5 Å². The predicted octanol–water partition coefficient (Wildman–Crippen LogP) is 3.06. The van der Waals surface area contributed by atoms with Gasteiger partial charge in [-0.3, -0.25) is 9.59 Å². The minimum atomic E-state index is -0.276. The van der Waals surface area contributed by atoms with Gasteiger partial charge in [0.2, 0.25) is 5.43 Å². The summed E-state index contributed by atoms with van der Waals surface area (Å²) < 4.78 is 1.96. The minimum Gasteiger partial charge on any atom is -0.398 e. The third-order valence-corrected chi connectivity index (χ3v) is 4.79. The van der Waals surface area contributed by atoms with E-state index in [0.717, 1.165) is 44.2 Å². The first-order chi connectivity index (χ1) is 11.6. The Morgan fingerprint density at radius 1 is 1.29 bits per heavy atom. The fourth-order valence-corrected chi connectivity index (χ4v) is 3.56. The van der Waals surface area contributed by atoms with Gasteiger partial charge in [-0.1, -0.05) is 32.3 Å². The van der Waals surface area contributed by atoms with E-state index >= 15 is 0 Å². The number of carbonyl (C=O) groups excluding carboxylic acids is 1. The molecule has 0 unspecified atom stereocenters. The lowest BCUT2D eigenvalue weighted by Gasteiger charge is -2.23. The Bertz CT molecular complexity index is 804. The number of hydrogen-bond donors (Lipinski definition) is 2. The summed E-state index contributed by atoms with van der Waals surface area (Å²) in [5, 5.41) is 3.48. The Labute approximate surface area is 141 Å². The van der Waals surface area contributed by atoms with Crippen LogP contribution in [0.2, 0.25) is 0 Å². The summed E-state index contributed by atoms with van der Waals surface area (Å²) in [6.45, 7) is 2.81. The first kappa shape index (κ1) is 16.6. The van der Waals surface area contributed by atoms with Gasteiger partial charge in [-0.25, -0.2) is 0 Å². The normalized spacial score (nSPS) is 15.5. The van der Waals surface area contributed by atoms with Crippen LogP contribution in [0, 0.1) is 0 Å². The second-order valence-electron chi connectivity index (χ2n) is 6.62. The van der Waals surface area contributed by atoms with Crippen LogP contribution in [0.5, 0.6) is 0 Å². The highest BCUT2D eigenvalue weighted by molar-refractivity contribution is 6.00. The highest BCUT2D eigenvalue weighted by Crippen LogP contribution is 2.20. The van der Waals surface area contributed by atoms with E-state index in [0.29, 0.717) is 11.1 Å². The fourth-order valence-electron chi connectivity index (χ4n) is 3.56. The topological polar surface area (TPSA) is 77.1 Å². The summed E-state index contributed by atoms with van der Waals surface area (Å²) in [4.78, 5) is 25.5. The summed E-state index contributed by atoms with van der Waals surface area (Å²) in [6, 6.07) is 5.61. The molecule has 0 aliphatic heterocycles. The van der Waals surface area contributed by atoms with Crippen molar-refractivity contribution in [3.8, 4) is 0 Å². The molecule has 1 aliphatic rings. The standard InChI is InChI=1S/C19H25N3O2/c1-2-11-22-12-14(19(24)21-13-7-4-3-5-8-13)18(23)17-15(20)9-6-10-16(17)22/h6,9-10,12-13H,2-5,7-8,11,20H2,1H3,(H,21,24). The lowest BCUT2D eigenvalue weighted by molar-refractivity contribution is 0.0926. The van der Waals surface area contributed by atoms with Crippen molar-refractivity contribution in [1.29, 1.82) is 0 Å². The van der Waals surface area contributed by atoms with E-state index in [9.17, 15) is 9.59 Å². The molecule has 0 spiro atoms. The van der Waals surface area contributed by atoms with Crippen molar-refractivity contribution < 1.29 is 4.79 Å². The molecule has 2 aromatic rings. The molecule has 1 aromatic heterocycles. The van der Waals surface area contributed by atoms with E-state index in [4.69, 9.17) is 5.73 Å². The lowest BCUT2D eigenvalue weighted by Crippen LogP contribution is -2.38. The van der Waals surface area contributed by atoms with Crippen molar-refractivity contribution in [3.05, 3.63) is 40.2 Å².